The number of non-ortho nitro benzene ring substituents is 1. The monoisotopic (exact) mass is 465 g/mol. The topological polar surface area (TPSA) is 120 Å². The van der Waals surface area contributed by atoms with E-state index in [1.165, 1.54) is 34.4 Å². The highest BCUT2D eigenvalue weighted by Gasteiger charge is 2.38. The number of hydrogen-bond donors (Lipinski definition) is 0. The van der Waals surface area contributed by atoms with Gasteiger partial charge in [-0.2, -0.15) is 0 Å². The fourth-order valence-electron chi connectivity index (χ4n) is 3.54. The van der Waals surface area contributed by atoms with Crippen molar-refractivity contribution in [2.45, 2.75) is 13.3 Å². The molecule has 1 aliphatic heterocycles. The van der Waals surface area contributed by atoms with Crippen LogP contribution in [0.2, 0.25) is 0 Å². The quantitative estimate of drug-likeness (QED) is 0.225. The number of hydrogen-bond acceptors (Lipinski definition) is 8. The second kappa shape index (κ2) is 9.29. The number of aromatic nitrogens is 1. The Hall–Kier alpha value is -3.92. The van der Waals surface area contributed by atoms with Crippen LogP contribution in [0.4, 0.5) is 10.8 Å². The molecule has 10 heteroatoms. The highest BCUT2D eigenvalue weighted by molar-refractivity contribution is 7.16. The van der Waals surface area contributed by atoms with Gasteiger partial charge in [0.2, 0.25) is 11.7 Å². The van der Waals surface area contributed by atoms with Crippen LogP contribution < -0.4 is 4.90 Å². The number of anilines is 1. The fourth-order valence-corrected chi connectivity index (χ4v) is 4.50. The summed E-state index contributed by atoms with van der Waals surface area (Å²) in [5.41, 5.74) is 1.59. The Morgan fingerprint density at radius 3 is 2.70 bits per heavy atom. The van der Waals surface area contributed by atoms with Crippen LogP contribution in [0.25, 0.3) is 11.3 Å². The zero-order valence-corrected chi connectivity index (χ0v) is 18.4. The van der Waals surface area contributed by atoms with Crippen LogP contribution in [-0.4, -0.2) is 40.7 Å². The number of benzene rings is 2. The van der Waals surface area contributed by atoms with Crippen LogP contribution in [0.15, 0.2) is 54.6 Å². The number of esters is 1. The van der Waals surface area contributed by atoms with Crippen molar-refractivity contribution < 1.29 is 24.0 Å². The Bertz CT molecular complexity index is 1240. The van der Waals surface area contributed by atoms with Gasteiger partial charge >= 0.3 is 5.97 Å². The van der Waals surface area contributed by atoms with Gasteiger partial charge < -0.3 is 4.74 Å². The molecule has 1 aliphatic rings. The summed E-state index contributed by atoms with van der Waals surface area (Å²) in [5.74, 6) is -2.19. The van der Waals surface area contributed by atoms with E-state index in [4.69, 9.17) is 4.74 Å². The summed E-state index contributed by atoms with van der Waals surface area (Å²) in [7, 11) is 0. The number of carbonyl (C=O) groups is 3. The number of thiazole rings is 1. The van der Waals surface area contributed by atoms with Gasteiger partial charge in [-0.05, 0) is 6.92 Å². The van der Waals surface area contributed by atoms with Gasteiger partial charge in [-0.1, -0.05) is 42.5 Å². The molecule has 2 aromatic carbocycles. The van der Waals surface area contributed by atoms with Crippen molar-refractivity contribution in [1.82, 2.24) is 4.98 Å². The number of nitrogens with zero attached hydrogens (tertiary/aromatic N) is 3. The van der Waals surface area contributed by atoms with Crippen molar-refractivity contribution in [3.8, 4) is 11.3 Å². The largest absolute Gasteiger partial charge is 0.457 e. The zero-order valence-electron chi connectivity index (χ0n) is 17.6. The minimum Gasteiger partial charge on any atom is -0.457 e. The third-order valence-corrected chi connectivity index (χ3v) is 6.24. The minimum absolute atomic E-state index is 0.0386. The molecule has 4 rings (SSSR count). The van der Waals surface area contributed by atoms with E-state index in [-0.39, 0.29) is 30.1 Å². The second-order valence-electron chi connectivity index (χ2n) is 7.51. The molecule has 3 aromatic rings. The summed E-state index contributed by atoms with van der Waals surface area (Å²) in [6.07, 6.45) is -0.0386. The molecule has 0 radical (unpaired) electrons. The molecule has 0 spiro atoms. The van der Waals surface area contributed by atoms with E-state index in [9.17, 15) is 24.5 Å². The van der Waals surface area contributed by atoms with E-state index in [1.807, 2.05) is 37.3 Å². The van der Waals surface area contributed by atoms with E-state index >= 15 is 0 Å². The average molecular weight is 465 g/mol. The Labute approximate surface area is 192 Å². The molecule has 1 saturated heterocycles. The molecular weight excluding hydrogens is 446 g/mol. The summed E-state index contributed by atoms with van der Waals surface area (Å²) >= 11 is 1.38. The molecule has 1 unspecified atom stereocenters. The van der Waals surface area contributed by atoms with Crippen molar-refractivity contribution in [2.75, 3.05) is 18.1 Å². The van der Waals surface area contributed by atoms with Crippen molar-refractivity contribution in [3.63, 3.8) is 0 Å². The van der Waals surface area contributed by atoms with Gasteiger partial charge in [-0.15, -0.1) is 11.3 Å². The molecule has 1 fully saturated rings. The first kappa shape index (κ1) is 22.3. The maximum atomic E-state index is 12.6. The lowest BCUT2D eigenvalue weighted by Gasteiger charge is -2.12. The zero-order chi connectivity index (χ0) is 23.5. The van der Waals surface area contributed by atoms with Gasteiger partial charge in [-0.25, -0.2) is 4.98 Å². The second-order valence-corrected chi connectivity index (χ2v) is 8.69. The maximum Gasteiger partial charge on any atom is 0.311 e. The van der Waals surface area contributed by atoms with Crippen molar-refractivity contribution in [1.29, 1.82) is 0 Å². The number of ether oxygens (including phenoxy) is 1. The third kappa shape index (κ3) is 4.80. The van der Waals surface area contributed by atoms with E-state index in [0.717, 1.165) is 22.2 Å². The van der Waals surface area contributed by atoms with Gasteiger partial charge in [0.05, 0.1) is 16.5 Å². The van der Waals surface area contributed by atoms with Crippen LogP contribution >= 0.6 is 11.3 Å². The van der Waals surface area contributed by atoms with Crippen LogP contribution in [0.3, 0.4) is 0 Å². The summed E-state index contributed by atoms with van der Waals surface area (Å²) in [6, 6.07) is 14.8. The summed E-state index contributed by atoms with van der Waals surface area (Å²) < 4.78 is 5.12. The number of aryl methyl sites for hydroxylation is 1. The molecule has 0 saturated carbocycles. The van der Waals surface area contributed by atoms with E-state index < -0.39 is 29.2 Å². The molecule has 9 nitrogen and oxygen atoms in total. The number of amides is 1. The number of rotatable bonds is 7. The highest BCUT2D eigenvalue weighted by atomic mass is 32.1. The molecule has 168 valence electrons. The first-order valence-electron chi connectivity index (χ1n) is 10.1. The Morgan fingerprint density at radius 2 is 1.97 bits per heavy atom. The van der Waals surface area contributed by atoms with E-state index in [2.05, 4.69) is 4.98 Å². The normalized spacial score (nSPS) is 15.5. The molecule has 1 aromatic heterocycles. The van der Waals surface area contributed by atoms with Crippen molar-refractivity contribution in [3.05, 3.63) is 75.2 Å². The number of carbonyl (C=O) groups excluding carboxylic acids is 3. The van der Waals surface area contributed by atoms with Crippen LogP contribution in [0, 0.1) is 23.0 Å². The minimum atomic E-state index is -0.722. The number of ketones is 1. The van der Waals surface area contributed by atoms with Gasteiger partial charge in [0, 0.05) is 41.1 Å². The Morgan fingerprint density at radius 1 is 1.21 bits per heavy atom. The van der Waals surface area contributed by atoms with Gasteiger partial charge in [0.15, 0.2) is 11.7 Å². The van der Waals surface area contributed by atoms with Gasteiger partial charge in [0.1, 0.15) is 0 Å². The van der Waals surface area contributed by atoms with Gasteiger partial charge in [-0.3, -0.25) is 29.4 Å². The molecule has 33 heavy (non-hydrogen) atoms. The predicted octanol–water partition coefficient (Wildman–Crippen LogP) is 3.81. The molecule has 0 bridgehead atoms. The molecular formula is C23H19N3O6S. The smallest absolute Gasteiger partial charge is 0.311 e. The molecule has 1 atom stereocenters. The number of nitro benzene ring substituents is 1. The Balaban J connectivity index is 1.39. The maximum absolute atomic E-state index is 12.6. The molecule has 0 aliphatic carbocycles. The summed E-state index contributed by atoms with van der Waals surface area (Å²) in [6.45, 7) is 1.48. The SMILES string of the molecule is Cc1sc(N2CC(C(=O)OCC(=O)c3cccc([N+](=O)[O-])c3)CC2=O)nc1-c1ccccc1. The number of nitro groups is 1. The van der Waals surface area contributed by atoms with E-state index in [0.29, 0.717) is 5.13 Å². The van der Waals surface area contributed by atoms with Crippen molar-refractivity contribution >= 4 is 39.8 Å². The van der Waals surface area contributed by atoms with Crippen LogP contribution in [0.5, 0.6) is 0 Å². The lowest BCUT2D eigenvalue weighted by molar-refractivity contribution is -0.384. The average Bonchev–Trinajstić information content (AvgIpc) is 3.40. The molecule has 1 amide bonds. The molecule has 2 heterocycles. The Kier molecular flexibility index (Phi) is 6.27. The van der Waals surface area contributed by atoms with Crippen molar-refractivity contribution in [2.24, 2.45) is 5.92 Å². The van der Waals surface area contributed by atoms with Crippen LogP contribution in [0.1, 0.15) is 21.7 Å². The van der Waals surface area contributed by atoms with Gasteiger partial charge in [0.25, 0.3) is 5.69 Å². The highest BCUT2D eigenvalue weighted by Crippen LogP contribution is 2.35. The predicted molar refractivity (Wildman–Crippen MR) is 121 cm³/mol. The fraction of sp³-hybridized carbons (Fsp3) is 0.217. The first-order chi connectivity index (χ1) is 15.8. The summed E-state index contributed by atoms with van der Waals surface area (Å²) in [4.78, 5) is 54.6. The third-order valence-electron chi connectivity index (χ3n) is 5.25. The standard InChI is InChI=1S/C23H19N3O6S/c1-14-21(15-6-3-2-4-7-15)24-23(33-14)25-12-17(11-20(25)28)22(29)32-13-19(27)16-8-5-9-18(10-16)26(30)31/h2-10,17H,11-13H2,1H3. The lowest BCUT2D eigenvalue weighted by Crippen LogP contribution is -2.27. The first-order valence-corrected chi connectivity index (χ1v) is 10.9. The van der Waals surface area contributed by atoms with Crippen LogP contribution in [-0.2, 0) is 14.3 Å². The lowest BCUT2D eigenvalue weighted by atomic mass is 10.1. The van der Waals surface area contributed by atoms with E-state index in [1.54, 1.807) is 0 Å². The molecule has 0 N–H and O–H groups in total. The summed E-state index contributed by atoms with van der Waals surface area (Å²) in [5, 5.41) is 11.4. The number of Topliss-reactive ketones (excluding diaryl/α,β-unsaturated/α-hetero) is 1.